The number of pyridine rings is 1. The highest BCUT2D eigenvalue weighted by Gasteiger charge is 2.44. The van der Waals surface area contributed by atoms with Gasteiger partial charge in [0, 0.05) is 37.8 Å². The normalized spacial score (nSPS) is 23.5. The second kappa shape index (κ2) is 16.6. The third-order valence-electron chi connectivity index (χ3n) is 5.32. The summed E-state index contributed by atoms with van der Waals surface area (Å²) in [4.78, 5) is 15.7. The van der Waals surface area contributed by atoms with Crippen LogP contribution in [0.25, 0.3) is 0 Å². The van der Waals surface area contributed by atoms with E-state index in [-0.39, 0.29) is 25.7 Å². The van der Waals surface area contributed by atoms with Gasteiger partial charge in [-0.05, 0) is 30.8 Å². The summed E-state index contributed by atoms with van der Waals surface area (Å²) < 4.78 is 16.8. The van der Waals surface area contributed by atoms with Gasteiger partial charge in [-0.3, -0.25) is 4.79 Å². The van der Waals surface area contributed by atoms with Gasteiger partial charge >= 0.3 is 0 Å². The second-order valence-electron chi connectivity index (χ2n) is 7.96. The standard InChI is InChI=1S/C22H33N5O7S2/c1-14(29)25-19-16(11-15(12-28)20(30)21(19)31)34-10-9-33-8-7-32-6-5-24-22(35)27-17-3-2-4-18(26-17)36-13-23/h2-4,15-16,19-21,28,30-31H,5-12H2,1H3,(H,25,29)(H2,24,26,27,35). The number of rotatable bonds is 14. The molecule has 200 valence electrons. The van der Waals surface area contributed by atoms with Crippen LogP contribution in [0.1, 0.15) is 13.3 Å². The molecular formula is C22H33N5O7S2. The summed E-state index contributed by atoms with van der Waals surface area (Å²) in [6, 6.07) is 4.49. The summed E-state index contributed by atoms with van der Waals surface area (Å²) in [6.07, 6.45) is -2.64. The molecule has 1 aliphatic carbocycles. The van der Waals surface area contributed by atoms with E-state index in [4.69, 9.17) is 31.7 Å². The first-order chi connectivity index (χ1) is 17.3. The van der Waals surface area contributed by atoms with Crippen LogP contribution in [0.2, 0.25) is 0 Å². The van der Waals surface area contributed by atoms with Crippen molar-refractivity contribution in [3.63, 3.8) is 0 Å². The molecule has 0 saturated heterocycles. The third-order valence-corrected chi connectivity index (χ3v) is 6.09. The van der Waals surface area contributed by atoms with E-state index in [9.17, 15) is 20.1 Å². The number of hydrogen-bond donors (Lipinski definition) is 6. The Bertz CT molecular complexity index is 875. The lowest BCUT2D eigenvalue weighted by Gasteiger charge is -2.42. The van der Waals surface area contributed by atoms with E-state index in [0.29, 0.717) is 48.7 Å². The van der Waals surface area contributed by atoms with Crippen LogP contribution in [0.15, 0.2) is 23.2 Å². The van der Waals surface area contributed by atoms with Crippen LogP contribution in [-0.4, -0.2) is 102 Å². The van der Waals surface area contributed by atoms with E-state index >= 15 is 0 Å². The number of ether oxygens (including phenoxy) is 3. The molecule has 12 nitrogen and oxygen atoms in total. The molecule has 14 heteroatoms. The van der Waals surface area contributed by atoms with E-state index in [1.807, 2.05) is 5.40 Å². The first-order valence-corrected chi connectivity index (χ1v) is 12.7. The summed E-state index contributed by atoms with van der Waals surface area (Å²) in [5, 5.41) is 50.1. The molecule has 0 radical (unpaired) electrons. The van der Waals surface area contributed by atoms with Gasteiger partial charge in [0.1, 0.15) is 22.3 Å². The maximum atomic E-state index is 11.5. The van der Waals surface area contributed by atoms with Crippen molar-refractivity contribution in [1.82, 2.24) is 15.6 Å². The van der Waals surface area contributed by atoms with Gasteiger partial charge in [0.05, 0.1) is 51.3 Å². The van der Waals surface area contributed by atoms with Gasteiger partial charge in [-0.25, -0.2) is 4.98 Å². The number of anilines is 1. The quantitative estimate of drug-likeness (QED) is 0.0773. The van der Waals surface area contributed by atoms with Crippen LogP contribution < -0.4 is 16.0 Å². The largest absolute Gasteiger partial charge is 0.396 e. The molecule has 0 aliphatic heterocycles. The number of nitrogens with one attached hydrogen (secondary N) is 3. The zero-order valence-electron chi connectivity index (χ0n) is 20.0. The van der Waals surface area contributed by atoms with Crippen molar-refractivity contribution in [2.24, 2.45) is 5.92 Å². The minimum atomic E-state index is -1.24. The molecule has 36 heavy (non-hydrogen) atoms. The van der Waals surface area contributed by atoms with Crippen LogP contribution in [0.3, 0.4) is 0 Å². The van der Waals surface area contributed by atoms with E-state index in [1.165, 1.54) is 6.92 Å². The highest BCUT2D eigenvalue weighted by molar-refractivity contribution is 8.03. The van der Waals surface area contributed by atoms with Crippen LogP contribution in [0, 0.1) is 16.6 Å². The lowest BCUT2D eigenvalue weighted by molar-refractivity contribution is -0.145. The van der Waals surface area contributed by atoms with Gasteiger partial charge in [0.2, 0.25) is 5.91 Å². The maximum Gasteiger partial charge on any atom is 0.217 e. The Balaban J connectivity index is 1.55. The number of aliphatic hydroxyl groups excluding tert-OH is 3. The molecule has 0 aromatic carbocycles. The average molecular weight is 544 g/mol. The van der Waals surface area contributed by atoms with Gasteiger partial charge in [-0.1, -0.05) is 6.07 Å². The number of hydrogen-bond acceptors (Lipinski definition) is 11. The monoisotopic (exact) mass is 543 g/mol. The minimum absolute atomic E-state index is 0.214. The van der Waals surface area contributed by atoms with Gasteiger partial charge in [0.25, 0.3) is 0 Å². The number of carbonyl (C=O) groups excluding carboxylic acids is 1. The molecule has 2 rings (SSSR count). The molecule has 1 fully saturated rings. The first-order valence-electron chi connectivity index (χ1n) is 11.4. The zero-order chi connectivity index (χ0) is 26.3. The zero-order valence-corrected chi connectivity index (χ0v) is 21.6. The molecule has 1 aromatic rings. The van der Waals surface area contributed by atoms with Crippen molar-refractivity contribution in [3.05, 3.63) is 18.2 Å². The number of thiocyanates is 1. The van der Waals surface area contributed by atoms with E-state index in [1.54, 1.807) is 18.2 Å². The summed E-state index contributed by atoms with van der Waals surface area (Å²) >= 11 is 6.18. The third kappa shape index (κ3) is 10.5. The number of amides is 1. The fourth-order valence-electron chi connectivity index (χ4n) is 3.63. The van der Waals surface area contributed by atoms with Crippen molar-refractivity contribution < 1.29 is 34.3 Å². The number of nitrogens with zero attached hydrogens (tertiary/aromatic N) is 2. The number of aromatic nitrogens is 1. The number of nitriles is 1. The van der Waals surface area contributed by atoms with Gasteiger partial charge in [-0.2, -0.15) is 5.26 Å². The van der Waals surface area contributed by atoms with E-state index in [2.05, 4.69) is 20.9 Å². The minimum Gasteiger partial charge on any atom is -0.396 e. The summed E-state index contributed by atoms with van der Waals surface area (Å²) in [5.41, 5.74) is 0. The molecule has 1 saturated carbocycles. The van der Waals surface area contributed by atoms with Gasteiger partial charge in [0.15, 0.2) is 5.11 Å². The molecule has 0 spiro atoms. The number of thioether (sulfide) groups is 1. The number of aliphatic hydroxyl groups is 3. The van der Waals surface area contributed by atoms with Gasteiger partial charge < -0.3 is 45.5 Å². The fraction of sp³-hybridized carbons (Fsp3) is 0.636. The molecule has 1 aromatic heterocycles. The lowest BCUT2D eigenvalue weighted by Crippen LogP contribution is -2.61. The van der Waals surface area contributed by atoms with Crippen LogP contribution in [0.5, 0.6) is 0 Å². The predicted molar refractivity (Wildman–Crippen MR) is 136 cm³/mol. The molecule has 0 bridgehead atoms. The Hall–Kier alpha value is -2.09. The predicted octanol–water partition coefficient (Wildman–Crippen LogP) is -0.402. The molecule has 5 unspecified atom stereocenters. The Morgan fingerprint density at radius 2 is 1.94 bits per heavy atom. The highest BCUT2D eigenvalue weighted by Crippen LogP contribution is 2.27. The topological polar surface area (TPSA) is 178 Å². The summed E-state index contributed by atoms with van der Waals surface area (Å²) in [5.74, 6) is -0.342. The van der Waals surface area contributed by atoms with Crippen molar-refractivity contribution in [1.29, 1.82) is 5.26 Å². The molecular weight excluding hydrogens is 510 g/mol. The fourth-order valence-corrected chi connectivity index (χ4v) is 4.22. The smallest absolute Gasteiger partial charge is 0.217 e. The Labute approximate surface area is 219 Å². The lowest BCUT2D eigenvalue weighted by atomic mass is 9.79. The number of carbonyl (C=O) groups is 1. The first kappa shape index (κ1) is 30.1. The van der Waals surface area contributed by atoms with Crippen molar-refractivity contribution in [3.8, 4) is 5.40 Å². The Morgan fingerprint density at radius 1 is 1.22 bits per heavy atom. The van der Waals surface area contributed by atoms with Crippen molar-refractivity contribution in [2.45, 2.75) is 42.7 Å². The average Bonchev–Trinajstić information content (AvgIpc) is 2.84. The molecule has 6 N–H and O–H groups in total. The summed E-state index contributed by atoms with van der Waals surface area (Å²) in [7, 11) is 0. The highest BCUT2D eigenvalue weighted by atomic mass is 32.2. The SMILES string of the molecule is CC(=O)NC1C(OCCOCCOCCNC(=S)Nc2cccc(SC#N)n2)CC(CO)C(O)C1O. The van der Waals surface area contributed by atoms with Crippen LogP contribution in [0.4, 0.5) is 5.82 Å². The van der Waals surface area contributed by atoms with E-state index < -0.39 is 30.3 Å². The van der Waals surface area contributed by atoms with E-state index in [0.717, 1.165) is 11.8 Å². The molecule has 1 aliphatic rings. The number of thiocarbonyl (C=S) groups is 1. The van der Waals surface area contributed by atoms with Crippen LogP contribution >= 0.6 is 24.0 Å². The second-order valence-corrected chi connectivity index (χ2v) is 9.17. The Morgan fingerprint density at radius 3 is 2.64 bits per heavy atom. The van der Waals surface area contributed by atoms with Crippen molar-refractivity contribution in [2.75, 3.05) is 51.5 Å². The van der Waals surface area contributed by atoms with Crippen LogP contribution in [-0.2, 0) is 19.0 Å². The van der Waals surface area contributed by atoms with Gasteiger partial charge in [-0.15, -0.1) is 0 Å². The maximum absolute atomic E-state index is 11.5. The summed E-state index contributed by atoms with van der Waals surface area (Å²) in [6.45, 7) is 3.12. The molecule has 1 heterocycles. The van der Waals surface area contributed by atoms with Crippen molar-refractivity contribution >= 4 is 40.8 Å². The molecule has 5 atom stereocenters. The Kier molecular flexibility index (Phi) is 13.9. The molecule has 1 amide bonds.